The van der Waals surface area contributed by atoms with E-state index in [2.05, 4.69) is 31.6 Å². The zero-order valence-electron chi connectivity index (χ0n) is 17.4. The average molecular weight is 487 g/mol. The van der Waals surface area contributed by atoms with Gasteiger partial charge in [0.05, 0.1) is 26.1 Å². The van der Waals surface area contributed by atoms with Crippen LogP contribution in [-0.2, 0) is 9.53 Å². The molecule has 0 aliphatic rings. The first-order chi connectivity index (χ1) is 15.1. The van der Waals surface area contributed by atoms with Gasteiger partial charge in [-0.05, 0) is 58.7 Å². The van der Waals surface area contributed by atoms with Gasteiger partial charge in [0.1, 0.15) is 16.0 Å². The molecule has 9 heteroatoms. The molecular formula is C22H23BrN4O4. The van der Waals surface area contributed by atoms with Crippen LogP contribution in [0.5, 0.6) is 11.5 Å². The van der Waals surface area contributed by atoms with E-state index in [0.29, 0.717) is 28.1 Å². The van der Waals surface area contributed by atoms with Crippen LogP contribution >= 0.6 is 15.9 Å². The van der Waals surface area contributed by atoms with Crippen molar-refractivity contribution in [3.63, 3.8) is 0 Å². The number of nitrogens with zero attached hydrogens (tertiary/aromatic N) is 3. The molecule has 1 N–H and O–H groups in total. The van der Waals surface area contributed by atoms with Crippen molar-refractivity contribution in [2.45, 2.75) is 13.0 Å². The van der Waals surface area contributed by atoms with E-state index in [0.717, 1.165) is 11.3 Å². The molecule has 0 radical (unpaired) electrons. The first kappa shape index (κ1) is 22.5. The van der Waals surface area contributed by atoms with Gasteiger partial charge in [0.2, 0.25) is 0 Å². The molecule has 162 valence electrons. The molecule has 8 nitrogen and oxygen atoms in total. The van der Waals surface area contributed by atoms with Crippen molar-refractivity contribution >= 4 is 28.1 Å². The number of benzene rings is 2. The predicted molar refractivity (Wildman–Crippen MR) is 121 cm³/mol. The molecule has 3 aromatic rings. The summed E-state index contributed by atoms with van der Waals surface area (Å²) in [5, 5.41) is 8.26. The van der Waals surface area contributed by atoms with Crippen molar-refractivity contribution in [3.05, 3.63) is 70.5 Å². The largest absolute Gasteiger partial charge is 0.495 e. The lowest BCUT2D eigenvalue weighted by Gasteiger charge is -2.16. The third-order valence-corrected chi connectivity index (χ3v) is 5.17. The summed E-state index contributed by atoms with van der Waals surface area (Å²) in [5.74, 6) is 0.814. The Bertz CT molecular complexity index is 1010. The van der Waals surface area contributed by atoms with Gasteiger partial charge in [-0.25, -0.2) is 10.1 Å². The SMILES string of the molecule is CCOC(C(=O)NN=Cc1cc(OC)c(Br)c(OC)c1)c1ccc(-n2cccn2)cc1. The van der Waals surface area contributed by atoms with Gasteiger partial charge in [-0.1, -0.05) is 12.1 Å². The molecule has 1 heterocycles. The highest BCUT2D eigenvalue weighted by Crippen LogP contribution is 2.35. The number of nitrogens with one attached hydrogen (secondary N) is 1. The molecule has 0 saturated heterocycles. The number of amides is 1. The molecule has 0 aliphatic carbocycles. The average Bonchev–Trinajstić information content (AvgIpc) is 3.33. The smallest absolute Gasteiger partial charge is 0.273 e. The Kier molecular flexibility index (Phi) is 7.80. The lowest BCUT2D eigenvalue weighted by molar-refractivity contribution is -0.132. The fourth-order valence-corrected chi connectivity index (χ4v) is 3.46. The number of halogens is 1. The summed E-state index contributed by atoms with van der Waals surface area (Å²) in [5.41, 5.74) is 4.85. The minimum atomic E-state index is -0.789. The highest BCUT2D eigenvalue weighted by atomic mass is 79.9. The monoisotopic (exact) mass is 486 g/mol. The Morgan fingerprint density at radius 2 is 1.90 bits per heavy atom. The van der Waals surface area contributed by atoms with Crippen molar-refractivity contribution in [1.82, 2.24) is 15.2 Å². The molecule has 0 spiro atoms. The number of carbonyl (C=O) groups is 1. The van der Waals surface area contributed by atoms with Crippen molar-refractivity contribution in [2.75, 3.05) is 20.8 Å². The molecule has 1 aromatic heterocycles. The van der Waals surface area contributed by atoms with E-state index in [9.17, 15) is 4.79 Å². The van der Waals surface area contributed by atoms with E-state index in [1.807, 2.05) is 43.5 Å². The van der Waals surface area contributed by atoms with Gasteiger partial charge < -0.3 is 14.2 Å². The lowest BCUT2D eigenvalue weighted by Crippen LogP contribution is -2.27. The number of rotatable bonds is 9. The Hall–Kier alpha value is -3.17. The fraction of sp³-hybridized carbons (Fsp3) is 0.227. The Labute approximate surface area is 188 Å². The van der Waals surface area contributed by atoms with Crippen molar-refractivity contribution in [3.8, 4) is 17.2 Å². The highest BCUT2D eigenvalue weighted by molar-refractivity contribution is 9.10. The molecule has 0 aliphatic heterocycles. The third-order valence-electron chi connectivity index (χ3n) is 4.39. The van der Waals surface area contributed by atoms with Crippen LogP contribution in [0.2, 0.25) is 0 Å². The maximum absolute atomic E-state index is 12.7. The summed E-state index contributed by atoms with van der Waals surface area (Å²) in [6, 6.07) is 12.8. The van der Waals surface area contributed by atoms with E-state index in [4.69, 9.17) is 14.2 Å². The van der Waals surface area contributed by atoms with Gasteiger partial charge in [-0.2, -0.15) is 10.2 Å². The highest BCUT2D eigenvalue weighted by Gasteiger charge is 2.20. The maximum Gasteiger partial charge on any atom is 0.273 e. The van der Waals surface area contributed by atoms with Crippen LogP contribution in [0.1, 0.15) is 24.2 Å². The number of aromatic nitrogens is 2. The van der Waals surface area contributed by atoms with Crippen LogP contribution in [0, 0.1) is 0 Å². The van der Waals surface area contributed by atoms with E-state index in [1.165, 1.54) is 6.21 Å². The third kappa shape index (κ3) is 5.50. The van der Waals surface area contributed by atoms with Crippen LogP contribution in [0.25, 0.3) is 5.69 Å². The number of ether oxygens (including phenoxy) is 3. The lowest BCUT2D eigenvalue weighted by atomic mass is 10.1. The summed E-state index contributed by atoms with van der Waals surface area (Å²) in [6.45, 7) is 2.21. The van der Waals surface area contributed by atoms with E-state index in [1.54, 1.807) is 37.2 Å². The molecule has 0 fully saturated rings. The standard InChI is InChI=1S/C22H23BrN4O4/c1-4-31-21(16-6-8-17(9-7-16)27-11-5-10-25-27)22(28)26-24-14-15-12-18(29-2)20(23)19(13-15)30-3/h5-14,21H,4H2,1-3H3,(H,26,28). The number of hydrogen-bond donors (Lipinski definition) is 1. The second-order valence-corrected chi connectivity index (χ2v) is 7.14. The minimum Gasteiger partial charge on any atom is -0.495 e. The second kappa shape index (κ2) is 10.7. The van der Waals surface area contributed by atoms with Gasteiger partial charge in [-0.3, -0.25) is 4.79 Å². The van der Waals surface area contributed by atoms with E-state index >= 15 is 0 Å². The topological polar surface area (TPSA) is 87.0 Å². The van der Waals surface area contributed by atoms with Gasteiger partial charge >= 0.3 is 0 Å². The van der Waals surface area contributed by atoms with Crippen molar-refractivity contribution < 1.29 is 19.0 Å². The summed E-state index contributed by atoms with van der Waals surface area (Å²) < 4.78 is 18.7. The molecule has 1 unspecified atom stereocenters. The molecular weight excluding hydrogens is 464 g/mol. The molecule has 1 atom stereocenters. The zero-order chi connectivity index (χ0) is 22.2. The first-order valence-electron chi connectivity index (χ1n) is 9.53. The van der Waals surface area contributed by atoms with Gasteiger partial charge in [0, 0.05) is 24.6 Å². The molecule has 3 rings (SSSR count). The van der Waals surface area contributed by atoms with Crippen LogP contribution in [0.3, 0.4) is 0 Å². The molecule has 0 bridgehead atoms. The van der Waals surface area contributed by atoms with Gasteiger partial charge in [-0.15, -0.1) is 0 Å². The van der Waals surface area contributed by atoms with E-state index in [-0.39, 0.29) is 5.91 Å². The number of carbonyl (C=O) groups excluding carboxylic acids is 1. The number of hydrazone groups is 1. The summed E-state index contributed by atoms with van der Waals surface area (Å²) in [6.07, 6.45) is 4.28. The molecule has 0 saturated carbocycles. The molecule has 2 aromatic carbocycles. The first-order valence-corrected chi connectivity index (χ1v) is 10.3. The molecule has 1 amide bonds. The Morgan fingerprint density at radius 1 is 1.23 bits per heavy atom. The number of hydrogen-bond acceptors (Lipinski definition) is 6. The predicted octanol–water partition coefficient (Wildman–Crippen LogP) is 3.88. The normalized spacial score (nSPS) is 12.0. The fourth-order valence-electron chi connectivity index (χ4n) is 2.91. The Morgan fingerprint density at radius 3 is 2.45 bits per heavy atom. The van der Waals surface area contributed by atoms with Crippen LogP contribution in [0.4, 0.5) is 0 Å². The second-order valence-electron chi connectivity index (χ2n) is 6.35. The van der Waals surface area contributed by atoms with Crippen LogP contribution in [-0.4, -0.2) is 42.7 Å². The van der Waals surface area contributed by atoms with Gasteiger partial charge in [0.15, 0.2) is 6.10 Å². The minimum absolute atomic E-state index is 0.374. The van der Waals surface area contributed by atoms with Crippen LogP contribution in [0.15, 0.2) is 64.4 Å². The zero-order valence-corrected chi connectivity index (χ0v) is 19.0. The summed E-state index contributed by atoms with van der Waals surface area (Å²) >= 11 is 3.42. The van der Waals surface area contributed by atoms with Crippen LogP contribution < -0.4 is 14.9 Å². The van der Waals surface area contributed by atoms with E-state index < -0.39 is 6.10 Å². The number of methoxy groups -OCH3 is 2. The Balaban J connectivity index is 1.72. The van der Waals surface area contributed by atoms with Crippen molar-refractivity contribution in [1.29, 1.82) is 0 Å². The quantitative estimate of drug-likeness (QED) is 0.366. The summed E-state index contributed by atoms with van der Waals surface area (Å²) in [4.78, 5) is 12.7. The van der Waals surface area contributed by atoms with Crippen molar-refractivity contribution in [2.24, 2.45) is 5.10 Å². The van der Waals surface area contributed by atoms with Gasteiger partial charge in [0.25, 0.3) is 5.91 Å². The summed E-state index contributed by atoms with van der Waals surface area (Å²) in [7, 11) is 3.12. The molecule has 31 heavy (non-hydrogen) atoms. The maximum atomic E-state index is 12.7.